The first kappa shape index (κ1) is 34.2. The number of quaternary nitrogens is 1. The van der Waals surface area contributed by atoms with E-state index >= 15 is 0 Å². The van der Waals surface area contributed by atoms with Crippen LogP contribution in [0.4, 0.5) is 0 Å². The maximum atomic E-state index is 11.6. The normalized spacial score (nSPS) is 13.4. The molecule has 0 rings (SSSR count). The van der Waals surface area contributed by atoms with Gasteiger partial charge in [0.25, 0.3) is 0 Å². The van der Waals surface area contributed by atoms with Gasteiger partial charge in [0.2, 0.25) is 10.4 Å². The van der Waals surface area contributed by atoms with E-state index in [1.165, 1.54) is 70.6 Å². The van der Waals surface area contributed by atoms with E-state index in [4.69, 9.17) is 4.74 Å². The summed E-state index contributed by atoms with van der Waals surface area (Å²) in [6, 6.07) is 0. The zero-order chi connectivity index (χ0) is 25.4. The van der Waals surface area contributed by atoms with Crippen molar-refractivity contribution in [2.45, 2.75) is 104 Å². The topological polar surface area (TPSA) is 113 Å². The lowest BCUT2D eigenvalue weighted by Gasteiger charge is -2.23. The summed E-state index contributed by atoms with van der Waals surface area (Å²) in [6.45, 7) is 5.54. The number of carbonyl (C=O) groups is 1. The van der Waals surface area contributed by atoms with Crippen LogP contribution in [0.25, 0.3) is 0 Å². The van der Waals surface area contributed by atoms with Crippen LogP contribution in [-0.4, -0.2) is 62.6 Å². The van der Waals surface area contributed by atoms with E-state index in [-0.39, 0.29) is 10.6 Å². The molecule has 0 saturated carbocycles. The molecule has 0 aromatic heterocycles. The summed E-state index contributed by atoms with van der Waals surface area (Å²) in [7, 11) is -1.88. The predicted molar refractivity (Wildman–Crippen MR) is 130 cm³/mol. The summed E-state index contributed by atoms with van der Waals surface area (Å²) in [5, 5.41) is 9.79. The number of rotatable bonds is 20. The highest BCUT2D eigenvalue weighted by Gasteiger charge is 2.16. The zero-order valence-corrected chi connectivity index (χ0v) is 22.2. The third kappa shape index (κ3) is 31.0. The highest BCUT2D eigenvalue weighted by atomic mass is 32.3. The maximum Gasteiger partial charge on any atom is 0.305 e. The fraction of sp³-hybridized carbons (Fsp3) is 0.875. The molecule has 0 bridgehead atoms. The smallest absolute Gasteiger partial charge is 0.305 e. The van der Waals surface area contributed by atoms with Gasteiger partial charge in [0.05, 0.1) is 14.2 Å². The van der Waals surface area contributed by atoms with E-state index in [9.17, 15) is 23.0 Å². The zero-order valence-electron chi connectivity index (χ0n) is 21.4. The lowest BCUT2D eigenvalue weighted by Crippen LogP contribution is -2.42. The molecule has 1 N–H and O–H groups in total. The lowest BCUT2D eigenvalue weighted by atomic mass is 10.1. The van der Waals surface area contributed by atoms with Crippen molar-refractivity contribution in [2.24, 2.45) is 0 Å². The standard InChI is InChI=1S/C23H46NO3.CH4O4S/c1-4-6-7-8-9-10-11-12-13-14-15-16-17-18-19-20-23(25)27-22-21-24(3,26)5-2;1-5-6(2,3)4/h12-13,26H,4-11,14-22H2,1-3H3;1H3,(H,2,3,4)/q+1;/p-1/b13-12-;. The summed E-state index contributed by atoms with van der Waals surface area (Å²) in [4.78, 5) is 11.6. The van der Waals surface area contributed by atoms with E-state index in [0.717, 1.165) is 20.0 Å². The first-order valence-electron chi connectivity index (χ1n) is 12.5. The summed E-state index contributed by atoms with van der Waals surface area (Å²) in [5.41, 5.74) is 0. The average molecular weight is 496 g/mol. The Kier molecular flexibility index (Phi) is 23.6. The van der Waals surface area contributed by atoms with Crippen LogP contribution in [0.3, 0.4) is 0 Å². The highest BCUT2D eigenvalue weighted by Crippen LogP contribution is 2.10. The predicted octanol–water partition coefficient (Wildman–Crippen LogP) is 5.52. The van der Waals surface area contributed by atoms with Gasteiger partial charge in [-0.2, -0.15) is 4.65 Å². The van der Waals surface area contributed by atoms with Gasteiger partial charge in [-0.1, -0.05) is 70.4 Å². The Bertz CT molecular complexity index is 577. The number of allylic oxidation sites excluding steroid dienone is 2. The highest BCUT2D eigenvalue weighted by molar-refractivity contribution is 7.80. The number of hydrogen-bond donors (Lipinski definition) is 1. The number of likely N-dealkylation sites (N-methyl/N-ethyl adjacent to an activating group) is 1. The third-order valence-electron chi connectivity index (χ3n) is 5.36. The summed E-state index contributed by atoms with van der Waals surface area (Å²) in [5.74, 6) is -0.135. The molecule has 8 nitrogen and oxygen atoms in total. The van der Waals surface area contributed by atoms with Crippen LogP contribution in [0.2, 0.25) is 0 Å². The van der Waals surface area contributed by atoms with Crippen LogP contribution in [-0.2, 0) is 24.1 Å². The van der Waals surface area contributed by atoms with E-state index in [1.54, 1.807) is 7.05 Å². The molecule has 0 aromatic rings. The van der Waals surface area contributed by atoms with Crippen molar-refractivity contribution in [1.82, 2.24) is 0 Å². The van der Waals surface area contributed by atoms with Crippen molar-refractivity contribution in [3.8, 4) is 0 Å². The summed E-state index contributed by atoms with van der Waals surface area (Å²) in [6.07, 6.45) is 21.5. The monoisotopic (exact) mass is 495 g/mol. The second-order valence-corrected chi connectivity index (χ2v) is 9.66. The molecule has 0 aromatic carbocycles. The number of hydrogen-bond acceptors (Lipinski definition) is 7. The molecule has 0 amide bonds. The number of unbranched alkanes of at least 4 members (excludes halogenated alkanes) is 11. The van der Waals surface area contributed by atoms with E-state index in [1.807, 2.05) is 6.92 Å². The number of carbonyl (C=O) groups excluding carboxylic acids is 1. The largest absolute Gasteiger partial charge is 0.726 e. The van der Waals surface area contributed by atoms with Crippen LogP contribution in [0.5, 0.6) is 0 Å². The van der Waals surface area contributed by atoms with Crippen molar-refractivity contribution in [3.63, 3.8) is 0 Å². The molecule has 0 aliphatic heterocycles. The number of nitrogens with zero attached hydrogens (tertiary/aromatic N) is 1. The van der Waals surface area contributed by atoms with Gasteiger partial charge >= 0.3 is 5.97 Å². The Balaban J connectivity index is 0. The van der Waals surface area contributed by atoms with E-state index in [0.29, 0.717) is 26.1 Å². The van der Waals surface area contributed by atoms with Gasteiger partial charge in [0.1, 0.15) is 19.7 Å². The molecule has 0 spiro atoms. The van der Waals surface area contributed by atoms with Crippen molar-refractivity contribution < 1.29 is 36.5 Å². The Hall–Kier alpha value is -1.00. The van der Waals surface area contributed by atoms with Crippen LogP contribution in [0.15, 0.2) is 12.2 Å². The molecule has 198 valence electrons. The number of hydroxylamine groups is 3. The molecule has 0 radical (unpaired) electrons. The molecule has 33 heavy (non-hydrogen) atoms. The first-order valence-corrected chi connectivity index (χ1v) is 13.8. The van der Waals surface area contributed by atoms with Gasteiger partial charge in [-0.25, -0.2) is 13.6 Å². The Morgan fingerprint density at radius 2 is 1.36 bits per heavy atom. The van der Waals surface area contributed by atoms with Gasteiger partial charge in [-0.3, -0.25) is 8.98 Å². The van der Waals surface area contributed by atoms with Gasteiger partial charge in [0.15, 0.2) is 0 Å². The molecule has 9 heteroatoms. The SMILES string of the molecule is CCCCCCCC/C=C\CCCCCCCC(=O)OCC[N+](C)(O)CC.COS(=O)(=O)[O-]. The molecular weight excluding hydrogens is 446 g/mol. The second kappa shape index (κ2) is 22.8. The van der Waals surface area contributed by atoms with Gasteiger partial charge in [-0.15, -0.1) is 0 Å². The maximum absolute atomic E-state index is 11.6. The second-order valence-electron chi connectivity index (χ2n) is 8.51. The van der Waals surface area contributed by atoms with Gasteiger partial charge in [0, 0.05) is 6.42 Å². The van der Waals surface area contributed by atoms with Crippen molar-refractivity contribution >= 4 is 16.4 Å². The summed E-state index contributed by atoms with van der Waals surface area (Å²) >= 11 is 0. The molecule has 0 aliphatic carbocycles. The van der Waals surface area contributed by atoms with Crippen LogP contribution in [0, 0.1) is 0 Å². The van der Waals surface area contributed by atoms with E-state index < -0.39 is 10.4 Å². The Labute approximate surface area is 202 Å². The van der Waals surface area contributed by atoms with E-state index in [2.05, 4.69) is 23.3 Å². The molecular formula is C24H49NO7S. The molecule has 0 aliphatic rings. The minimum atomic E-state index is -4.41. The van der Waals surface area contributed by atoms with Crippen LogP contribution in [0.1, 0.15) is 104 Å². The number of ether oxygens (including phenoxy) is 1. The van der Waals surface area contributed by atoms with Crippen LogP contribution < -0.4 is 0 Å². The third-order valence-corrected chi connectivity index (χ3v) is 5.77. The van der Waals surface area contributed by atoms with Crippen molar-refractivity contribution in [3.05, 3.63) is 12.2 Å². The minimum Gasteiger partial charge on any atom is -0.726 e. The quantitative estimate of drug-likeness (QED) is 0.0450. The molecule has 1 unspecified atom stereocenters. The van der Waals surface area contributed by atoms with Gasteiger partial charge in [-0.05, 0) is 39.0 Å². The van der Waals surface area contributed by atoms with Gasteiger partial charge < -0.3 is 9.29 Å². The number of esters is 1. The fourth-order valence-corrected chi connectivity index (χ4v) is 2.93. The molecule has 0 saturated heterocycles. The average Bonchev–Trinajstić information content (AvgIpc) is 2.76. The van der Waals surface area contributed by atoms with Crippen molar-refractivity contribution in [2.75, 3.05) is 33.9 Å². The summed E-state index contributed by atoms with van der Waals surface area (Å²) < 4.78 is 36.1. The molecule has 1 atom stereocenters. The minimum absolute atomic E-state index is 0.0965. The Morgan fingerprint density at radius 1 is 0.909 bits per heavy atom. The van der Waals surface area contributed by atoms with Crippen LogP contribution >= 0.6 is 0 Å². The molecule has 0 heterocycles. The molecule has 0 fully saturated rings. The van der Waals surface area contributed by atoms with Crippen molar-refractivity contribution in [1.29, 1.82) is 0 Å². The first-order chi connectivity index (χ1) is 15.6. The fourth-order valence-electron chi connectivity index (χ4n) is 2.93. The lowest BCUT2D eigenvalue weighted by molar-refractivity contribution is -1.09. The Morgan fingerprint density at radius 3 is 1.82 bits per heavy atom.